The monoisotopic (exact) mass is 384 g/mol. The lowest BCUT2D eigenvalue weighted by Crippen LogP contribution is -2.70. The molecule has 140 valence electrons. The minimum Gasteiger partial charge on any atom is -0.304 e. The van der Waals surface area contributed by atoms with Gasteiger partial charge in [0, 0.05) is 30.0 Å². The number of fused-ring (bicyclic) bond motifs is 3. The summed E-state index contributed by atoms with van der Waals surface area (Å²) in [7, 11) is 0. The van der Waals surface area contributed by atoms with Crippen LogP contribution in [0, 0.1) is 6.92 Å². The summed E-state index contributed by atoms with van der Waals surface area (Å²) in [6, 6.07) is 6.70. The van der Waals surface area contributed by atoms with Crippen LogP contribution in [-0.4, -0.2) is 39.3 Å². The average Bonchev–Trinajstić information content (AvgIpc) is 3.19. The highest BCUT2D eigenvalue weighted by molar-refractivity contribution is 7.15. The number of carbonyl (C=O) groups excluding carboxylic acids is 3. The Morgan fingerprint density at radius 1 is 1.30 bits per heavy atom. The summed E-state index contributed by atoms with van der Waals surface area (Å²) in [5.41, 5.74) is -0.446. The lowest BCUT2D eigenvalue weighted by Gasteiger charge is -2.50. The molecule has 4 rings (SSSR count). The van der Waals surface area contributed by atoms with Gasteiger partial charge in [0.1, 0.15) is 0 Å². The number of aromatic nitrogens is 1. The van der Waals surface area contributed by atoms with Crippen molar-refractivity contribution in [3.63, 3.8) is 0 Å². The molecule has 7 nitrogen and oxygen atoms in total. The Balaban J connectivity index is 1.88. The van der Waals surface area contributed by atoms with Crippen LogP contribution in [0.15, 0.2) is 30.5 Å². The molecule has 27 heavy (non-hydrogen) atoms. The molecule has 1 aromatic carbocycles. The number of rotatable bonds is 3. The van der Waals surface area contributed by atoms with E-state index in [1.54, 1.807) is 30.5 Å². The third-order valence-corrected chi connectivity index (χ3v) is 5.85. The Morgan fingerprint density at radius 2 is 2.04 bits per heavy atom. The largest absolute Gasteiger partial charge is 0.304 e. The fourth-order valence-corrected chi connectivity index (χ4v) is 4.68. The number of aryl methyl sites for hydroxylation is 1. The van der Waals surface area contributed by atoms with Crippen LogP contribution in [0.5, 0.6) is 0 Å². The first-order valence-electron chi connectivity index (χ1n) is 8.86. The van der Waals surface area contributed by atoms with Gasteiger partial charge in [-0.05, 0) is 32.9 Å². The van der Waals surface area contributed by atoms with Crippen molar-refractivity contribution in [3.8, 4) is 0 Å². The number of hydrogen-bond acceptors (Lipinski definition) is 5. The van der Waals surface area contributed by atoms with E-state index in [9.17, 15) is 14.4 Å². The Labute approximate surface area is 161 Å². The minimum absolute atomic E-state index is 0.161. The number of nitrogens with zero attached hydrogens (tertiary/aromatic N) is 3. The molecular weight excluding hydrogens is 364 g/mol. The van der Waals surface area contributed by atoms with E-state index in [0.29, 0.717) is 16.4 Å². The predicted molar refractivity (Wildman–Crippen MR) is 103 cm³/mol. The zero-order valence-electron chi connectivity index (χ0n) is 15.4. The van der Waals surface area contributed by atoms with Crippen molar-refractivity contribution in [3.05, 3.63) is 40.9 Å². The van der Waals surface area contributed by atoms with Gasteiger partial charge in [0.25, 0.3) is 11.8 Å². The second kappa shape index (κ2) is 6.16. The van der Waals surface area contributed by atoms with Crippen LogP contribution in [0.4, 0.5) is 10.8 Å². The average molecular weight is 384 g/mol. The number of anilines is 2. The molecule has 1 saturated heterocycles. The molecule has 1 aromatic heterocycles. The molecule has 3 heterocycles. The van der Waals surface area contributed by atoms with Gasteiger partial charge < -0.3 is 4.90 Å². The number of hydrogen-bond donors (Lipinski definition) is 1. The van der Waals surface area contributed by atoms with E-state index in [4.69, 9.17) is 0 Å². The SMILES string of the molecule is Cc1cnc(NC(=O)C23CCC(=O)N2c2ccccc2C(=O)N3C(C)C)s1. The molecule has 0 aliphatic carbocycles. The smallest absolute Gasteiger partial charge is 0.273 e. The first kappa shape index (κ1) is 17.7. The van der Waals surface area contributed by atoms with Crippen LogP contribution in [0.3, 0.4) is 0 Å². The topological polar surface area (TPSA) is 82.6 Å². The highest BCUT2D eigenvalue weighted by Gasteiger charge is 2.61. The van der Waals surface area contributed by atoms with Gasteiger partial charge in [-0.15, -0.1) is 11.3 Å². The summed E-state index contributed by atoms with van der Waals surface area (Å²) in [4.78, 5) is 47.7. The second-order valence-corrected chi connectivity index (χ2v) is 8.30. The molecular formula is C19H20N4O3S. The van der Waals surface area contributed by atoms with Crippen LogP contribution < -0.4 is 10.2 Å². The molecule has 8 heteroatoms. The highest BCUT2D eigenvalue weighted by Crippen LogP contribution is 2.45. The number of amides is 3. The lowest BCUT2D eigenvalue weighted by molar-refractivity contribution is -0.129. The first-order valence-corrected chi connectivity index (χ1v) is 9.67. The van der Waals surface area contributed by atoms with Gasteiger partial charge in [-0.1, -0.05) is 12.1 Å². The van der Waals surface area contributed by atoms with E-state index >= 15 is 0 Å². The Morgan fingerprint density at radius 3 is 2.70 bits per heavy atom. The molecule has 1 N–H and O–H groups in total. The normalized spacial score (nSPS) is 21.5. The van der Waals surface area contributed by atoms with Crippen molar-refractivity contribution in [2.75, 3.05) is 10.2 Å². The van der Waals surface area contributed by atoms with Gasteiger partial charge in [0.15, 0.2) is 5.13 Å². The molecule has 1 atom stereocenters. The van der Waals surface area contributed by atoms with Crippen LogP contribution >= 0.6 is 11.3 Å². The predicted octanol–water partition coefficient (Wildman–Crippen LogP) is 2.78. The zero-order chi connectivity index (χ0) is 19.3. The van der Waals surface area contributed by atoms with Crippen molar-refractivity contribution in [2.24, 2.45) is 0 Å². The van der Waals surface area contributed by atoms with Crippen LogP contribution in [0.25, 0.3) is 0 Å². The Hall–Kier alpha value is -2.74. The standard InChI is InChI=1S/C19H20N4O3S/c1-11(2)22-16(25)13-6-4-5-7-14(13)23-15(24)8-9-19(22,23)17(26)21-18-20-10-12(3)27-18/h4-7,10-11H,8-9H2,1-3H3,(H,20,21,26). The molecule has 0 bridgehead atoms. The van der Waals surface area contributed by atoms with Gasteiger partial charge in [-0.2, -0.15) is 0 Å². The van der Waals surface area contributed by atoms with Gasteiger partial charge in [0.2, 0.25) is 11.6 Å². The maximum atomic E-state index is 13.5. The van der Waals surface area contributed by atoms with Crippen molar-refractivity contribution in [2.45, 2.75) is 45.3 Å². The molecule has 2 aromatic rings. The molecule has 0 radical (unpaired) electrons. The summed E-state index contributed by atoms with van der Waals surface area (Å²) >= 11 is 1.36. The van der Waals surface area contributed by atoms with Crippen LogP contribution in [0.1, 0.15) is 41.9 Å². The molecule has 1 unspecified atom stereocenters. The van der Waals surface area contributed by atoms with E-state index in [0.717, 1.165) is 4.88 Å². The molecule has 2 aliphatic heterocycles. The van der Waals surface area contributed by atoms with E-state index in [1.807, 2.05) is 20.8 Å². The number of thiazole rings is 1. The number of para-hydroxylation sites is 1. The fraction of sp³-hybridized carbons (Fsp3) is 0.368. The third kappa shape index (κ3) is 2.47. The quantitative estimate of drug-likeness (QED) is 0.882. The van der Waals surface area contributed by atoms with Gasteiger partial charge in [-0.25, -0.2) is 4.98 Å². The molecule has 0 spiro atoms. The van der Waals surface area contributed by atoms with Crippen LogP contribution in [-0.2, 0) is 9.59 Å². The van der Waals surface area contributed by atoms with Gasteiger partial charge in [-0.3, -0.25) is 24.6 Å². The van der Waals surface area contributed by atoms with E-state index in [-0.39, 0.29) is 30.7 Å². The van der Waals surface area contributed by atoms with Crippen molar-refractivity contribution in [1.82, 2.24) is 9.88 Å². The van der Waals surface area contributed by atoms with E-state index in [1.165, 1.54) is 21.1 Å². The summed E-state index contributed by atoms with van der Waals surface area (Å²) in [5.74, 6) is -0.803. The number of nitrogens with one attached hydrogen (secondary N) is 1. The van der Waals surface area contributed by atoms with Gasteiger partial charge in [0.05, 0.1) is 11.3 Å². The first-order chi connectivity index (χ1) is 12.9. The summed E-state index contributed by atoms with van der Waals surface area (Å²) < 4.78 is 0. The lowest BCUT2D eigenvalue weighted by atomic mass is 9.94. The minimum atomic E-state index is -1.38. The third-order valence-electron chi connectivity index (χ3n) is 5.02. The molecule has 2 aliphatic rings. The maximum Gasteiger partial charge on any atom is 0.273 e. The molecule has 3 amide bonds. The Bertz CT molecular complexity index is 954. The van der Waals surface area contributed by atoms with Crippen molar-refractivity contribution in [1.29, 1.82) is 0 Å². The van der Waals surface area contributed by atoms with E-state index < -0.39 is 11.6 Å². The maximum absolute atomic E-state index is 13.5. The van der Waals surface area contributed by atoms with Crippen molar-refractivity contribution < 1.29 is 14.4 Å². The molecule has 0 saturated carbocycles. The summed E-state index contributed by atoms with van der Waals surface area (Å²) in [6.45, 7) is 5.61. The van der Waals surface area contributed by atoms with Gasteiger partial charge >= 0.3 is 0 Å². The second-order valence-electron chi connectivity index (χ2n) is 7.06. The number of carbonyl (C=O) groups is 3. The van der Waals surface area contributed by atoms with Crippen LogP contribution in [0.2, 0.25) is 0 Å². The summed E-state index contributed by atoms with van der Waals surface area (Å²) in [5, 5.41) is 3.29. The zero-order valence-corrected chi connectivity index (χ0v) is 16.2. The highest BCUT2D eigenvalue weighted by atomic mass is 32.1. The summed E-state index contributed by atoms with van der Waals surface area (Å²) in [6.07, 6.45) is 2.13. The van der Waals surface area contributed by atoms with E-state index in [2.05, 4.69) is 10.3 Å². The number of benzene rings is 1. The molecule has 1 fully saturated rings. The van der Waals surface area contributed by atoms with Crippen molar-refractivity contribution >= 4 is 39.9 Å². The Kier molecular flexibility index (Phi) is 4.03. The fourth-order valence-electron chi connectivity index (χ4n) is 4.02.